The van der Waals surface area contributed by atoms with E-state index in [1.54, 1.807) is 23.0 Å². The molecule has 6 aromatic rings. The smallest absolute Gasteiger partial charge is 0.420 e. The highest BCUT2D eigenvalue weighted by Crippen LogP contribution is 2.40. The molecule has 0 radical (unpaired) electrons. The molecular weight excluding hydrogens is 644 g/mol. The van der Waals surface area contributed by atoms with Gasteiger partial charge in [0.25, 0.3) is 11.9 Å². The summed E-state index contributed by atoms with van der Waals surface area (Å²) in [5, 5.41) is 16.7. The third-order valence-electron chi connectivity index (χ3n) is 8.15. The van der Waals surface area contributed by atoms with E-state index in [2.05, 4.69) is 24.6 Å². The van der Waals surface area contributed by atoms with Gasteiger partial charge >= 0.3 is 5.57 Å². The number of pyridine rings is 1. The zero-order valence-electron chi connectivity index (χ0n) is 25.0. The fourth-order valence-corrected chi connectivity index (χ4v) is 6.17. The maximum atomic E-state index is 13.6. The van der Waals surface area contributed by atoms with Crippen molar-refractivity contribution >= 4 is 34.2 Å². The van der Waals surface area contributed by atoms with Gasteiger partial charge in [-0.05, 0) is 49.4 Å². The van der Waals surface area contributed by atoms with Crippen LogP contribution in [-0.4, -0.2) is 52.4 Å². The number of hydrogen-bond acceptors (Lipinski definition) is 9. The maximum Gasteiger partial charge on any atom is 0.487 e. The summed E-state index contributed by atoms with van der Waals surface area (Å²) < 4.78 is 39.9. The third-order valence-corrected chi connectivity index (χ3v) is 8.23. The number of nitrogens with one attached hydrogen (secondary N) is 1. The average molecular weight is 666 g/mol. The number of rotatable bonds is 6. The van der Waals surface area contributed by atoms with Crippen LogP contribution in [-0.2, 0) is 17.8 Å². The molecule has 238 valence electrons. The van der Waals surface area contributed by atoms with E-state index in [9.17, 15) is 13.6 Å². The van der Waals surface area contributed by atoms with Crippen molar-refractivity contribution in [3.05, 3.63) is 95.5 Å². The van der Waals surface area contributed by atoms with Crippen molar-refractivity contribution in [2.45, 2.75) is 31.6 Å². The number of alkyl halides is 3. The predicted molar refractivity (Wildman–Crippen MR) is 169 cm³/mol. The molecule has 8 rings (SSSR count). The molecule has 0 saturated heterocycles. The number of halogens is 3. The predicted octanol–water partition coefficient (Wildman–Crippen LogP) is 6.03. The molecule has 0 unspecified atom stereocenters. The Bertz CT molecular complexity index is 2290. The highest BCUT2D eigenvalue weighted by molar-refractivity contribution is 6.20. The van der Waals surface area contributed by atoms with Gasteiger partial charge in [0.1, 0.15) is 24.3 Å². The fraction of sp³-hybridized carbons (Fsp3) is 0.182. The van der Waals surface area contributed by atoms with Crippen molar-refractivity contribution in [1.82, 2.24) is 34.3 Å². The van der Waals surface area contributed by atoms with E-state index >= 15 is 0 Å². The summed E-state index contributed by atoms with van der Waals surface area (Å²) in [4.78, 5) is 31.7. The largest absolute Gasteiger partial charge is 0.487 e. The van der Waals surface area contributed by atoms with E-state index in [1.165, 1.54) is 36.7 Å². The number of amides is 1. The number of anilines is 1. The molecule has 1 N–H and O–H groups in total. The molecule has 0 saturated carbocycles. The SMILES string of the molecule is C[C@@H]1COCc2nc3cc(C(=O)Nc4ccc(OC(F)(F)Cl)cc4)cc(-c4cnc5c(c4)-c4nn(-c6ncc(C#N)cn6)cc4C5)c3n21. The van der Waals surface area contributed by atoms with E-state index in [-0.39, 0.29) is 11.8 Å². The van der Waals surface area contributed by atoms with Crippen LogP contribution in [0.2, 0.25) is 0 Å². The van der Waals surface area contributed by atoms with Gasteiger partial charge in [0, 0.05) is 63.9 Å². The quantitative estimate of drug-likeness (QED) is 0.210. The lowest BCUT2D eigenvalue weighted by molar-refractivity contribution is -0.0964. The monoisotopic (exact) mass is 665 g/mol. The Morgan fingerprint density at radius 2 is 1.92 bits per heavy atom. The van der Waals surface area contributed by atoms with Crippen LogP contribution in [0.1, 0.15) is 46.0 Å². The Morgan fingerprint density at radius 3 is 2.67 bits per heavy atom. The number of ether oxygens (including phenoxy) is 2. The van der Waals surface area contributed by atoms with Gasteiger partial charge in [-0.2, -0.15) is 10.4 Å². The molecular formula is C33H22ClF2N9O3. The van der Waals surface area contributed by atoms with Crippen LogP contribution in [0.3, 0.4) is 0 Å². The molecule has 12 nitrogen and oxygen atoms in total. The summed E-state index contributed by atoms with van der Waals surface area (Å²) in [6, 6.07) is 13.0. The van der Waals surface area contributed by atoms with Gasteiger partial charge in [-0.15, -0.1) is 8.78 Å². The van der Waals surface area contributed by atoms with Crippen LogP contribution in [0, 0.1) is 11.3 Å². The molecule has 1 amide bonds. The van der Waals surface area contributed by atoms with Crippen molar-refractivity contribution in [2.75, 3.05) is 11.9 Å². The summed E-state index contributed by atoms with van der Waals surface area (Å²) in [5.74, 6) is 0.503. The maximum absolute atomic E-state index is 13.6. The second kappa shape index (κ2) is 11.2. The lowest BCUT2D eigenvalue weighted by Crippen LogP contribution is -2.21. The first-order valence-electron chi connectivity index (χ1n) is 14.7. The molecule has 15 heteroatoms. The second-order valence-electron chi connectivity index (χ2n) is 11.4. The number of fused-ring (bicyclic) bond motifs is 6. The molecule has 0 spiro atoms. The lowest BCUT2D eigenvalue weighted by Gasteiger charge is -2.23. The van der Waals surface area contributed by atoms with Crippen molar-refractivity contribution in [2.24, 2.45) is 0 Å². The average Bonchev–Trinajstić information content (AvgIpc) is 3.76. The summed E-state index contributed by atoms with van der Waals surface area (Å²) in [6.45, 7) is 2.89. The number of benzene rings is 2. The van der Waals surface area contributed by atoms with Crippen molar-refractivity contribution in [1.29, 1.82) is 5.26 Å². The van der Waals surface area contributed by atoms with Gasteiger partial charge in [-0.3, -0.25) is 9.78 Å². The highest BCUT2D eigenvalue weighted by atomic mass is 35.5. The number of nitrogens with zero attached hydrogens (tertiary/aromatic N) is 8. The summed E-state index contributed by atoms with van der Waals surface area (Å²) in [7, 11) is 0. The number of hydrogen-bond donors (Lipinski definition) is 1. The Morgan fingerprint density at radius 1 is 1.12 bits per heavy atom. The number of aromatic nitrogens is 7. The van der Waals surface area contributed by atoms with Crippen LogP contribution in [0.15, 0.2) is 67.3 Å². The first kappa shape index (κ1) is 29.6. The van der Waals surface area contributed by atoms with Crippen molar-refractivity contribution in [3.8, 4) is 40.2 Å². The minimum absolute atomic E-state index is 0.00427. The summed E-state index contributed by atoms with van der Waals surface area (Å²) >= 11 is 4.86. The van der Waals surface area contributed by atoms with E-state index in [0.29, 0.717) is 47.9 Å². The highest BCUT2D eigenvalue weighted by Gasteiger charge is 2.29. The Hall–Kier alpha value is -5.78. The second-order valence-corrected chi connectivity index (χ2v) is 11.8. The number of imidazole rings is 1. The van der Waals surface area contributed by atoms with Gasteiger partial charge in [-0.25, -0.2) is 19.6 Å². The summed E-state index contributed by atoms with van der Waals surface area (Å²) in [5.41, 5.74) is 3.58. The Kier molecular flexibility index (Phi) is 6.90. The normalized spacial score (nSPS) is 15.0. The molecule has 0 bridgehead atoms. The van der Waals surface area contributed by atoms with E-state index in [0.717, 1.165) is 45.0 Å². The molecule has 2 aliphatic rings. The van der Waals surface area contributed by atoms with Gasteiger partial charge < -0.3 is 19.4 Å². The number of carbonyl (C=O) groups is 1. The number of nitriles is 1. The fourth-order valence-electron chi connectivity index (χ4n) is 6.08. The lowest BCUT2D eigenvalue weighted by atomic mass is 9.99. The van der Waals surface area contributed by atoms with E-state index in [1.807, 2.05) is 25.3 Å². The molecule has 1 aliphatic carbocycles. The van der Waals surface area contributed by atoms with Crippen LogP contribution in [0.5, 0.6) is 5.75 Å². The topological polar surface area (TPSA) is 146 Å². The zero-order valence-corrected chi connectivity index (χ0v) is 25.7. The van der Waals surface area contributed by atoms with Gasteiger partial charge in [-0.1, -0.05) is 0 Å². The first-order valence-corrected chi connectivity index (χ1v) is 15.1. The molecule has 2 aromatic carbocycles. The van der Waals surface area contributed by atoms with Gasteiger partial charge in [0.05, 0.1) is 53.0 Å². The minimum atomic E-state index is -3.85. The van der Waals surface area contributed by atoms with Crippen LogP contribution >= 0.6 is 11.6 Å². The van der Waals surface area contributed by atoms with E-state index in [4.69, 9.17) is 36.7 Å². The first-order chi connectivity index (χ1) is 23.1. The molecule has 0 fully saturated rings. The molecule has 1 atom stereocenters. The molecule has 1 aliphatic heterocycles. The van der Waals surface area contributed by atoms with E-state index < -0.39 is 11.5 Å². The van der Waals surface area contributed by atoms with Crippen LogP contribution in [0.25, 0.3) is 39.4 Å². The number of carbonyl (C=O) groups excluding carboxylic acids is 1. The zero-order chi connectivity index (χ0) is 33.2. The van der Waals surface area contributed by atoms with Gasteiger partial charge in [0.15, 0.2) is 0 Å². The Balaban J connectivity index is 1.19. The molecule has 4 aromatic heterocycles. The molecule has 5 heterocycles. The van der Waals surface area contributed by atoms with Crippen molar-refractivity contribution in [3.63, 3.8) is 0 Å². The molecule has 48 heavy (non-hydrogen) atoms. The van der Waals surface area contributed by atoms with Crippen molar-refractivity contribution < 1.29 is 23.0 Å². The Labute approximate surface area is 275 Å². The third kappa shape index (κ3) is 5.28. The minimum Gasteiger partial charge on any atom is -0.420 e. The summed E-state index contributed by atoms with van der Waals surface area (Å²) in [6.07, 6.45) is 7.11. The van der Waals surface area contributed by atoms with Crippen LogP contribution in [0.4, 0.5) is 14.5 Å². The van der Waals surface area contributed by atoms with Crippen LogP contribution < -0.4 is 10.1 Å². The standard InChI is InChI=1S/C33H22ClF2N9O3/c1-17-15-47-16-28-42-27-8-19(31(46)41-22-2-4-23(5-3-22)48-33(34,35)36)6-24(30(27)45(17)28)20-7-25-26(38-13-20)9-21-14-44(43-29(21)25)32-39-11-18(10-37)12-40-32/h2-8,11-14,17H,9,15-16H2,1H3,(H,41,46)/t17-/m1/s1. The van der Waals surface area contributed by atoms with Gasteiger partial charge in [0.2, 0.25) is 0 Å².